The molecule has 0 unspecified atom stereocenters. The fourth-order valence-corrected chi connectivity index (χ4v) is 3.25. The van der Waals surface area contributed by atoms with E-state index in [1.165, 1.54) is 11.3 Å². The smallest absolute Gasteiger partial charge is 0.257 e. The maximum Gasteiger partial charge on any atom is 0.257 e. The van der Waals surface area contributed by atoms with Crippen LogP contribution in [-0.4, -0.2) is 16.8 Å². The Labute approximate surface area is 147 Å². The summed E-state index contributed by atoms with van der Waals surface area (Å²) >= 11 is 7.40. The van der Waals surface area contributed by atoms with Gasteiger partial charge in [0.2, 0.25) is 5.91 Å². The van der Waals surface area contributed by atoms with Crippen molar-refractivity contribution in [2.75, 3.05) is 10.6 Å². The maximum absolute atomic E-state index is 12.3. The summed E-state index contributed by atoms with van der Waals surface area (Å²) in [7, 11) is 0. The molecule has 2 N–H and O–H groups in total. The number of nitrogens with zero attached hydrogens (tertiary/aromatic N) is 1. The fourth-order valence-electron chi connectivity index (χ4n) is 2.11. The summed E-state index contributed by atoms with van der Waals surface area (Å²) < 4.78 is 0.873. The number of benzene rings is 2. The highest BCUT2D eigenvalue weighted by molar-refractivity contribution is 7.22. The van der Waals surface area contributed by atoms with Crippen LogP contribution >= 0.6 is 22.9 Å². The average molecular weight is 360 g/mol. The molecule has 0 saturated carbocycles. The number of hydrogen-bond acceptors (Lipinski definition) is 4. The second kappa shape index (κ2) is 6.98. The summed E-state index contributed by atoms with van der Waals surface area (Å²) in [6, 6.07) is 12.3. The van der Waals surface area contributed by atoms with Gasteiger partial charge in [0.05, 0.1) is 20.8 Å². The van der Waals surface area contributed by atoms with E-state index in [0.29, 0.717) is 27.8 Å². The van der Waals surface area contributed by atoms with Gasteiger partial charge in [-0.2, -0.15) is 0 Å². The summed E-state index contributed by atoms with van der Waals surface area (Å²) in [4.78, 5) is 28.1. The Hall–Kier alpha value is -2.44. The molecule has 0 atom stereocenters. The van der Waals surface area contributed by atoms with Crippen molar-refractivity contribution in [2.45, 2.75) is 13.3 Å². The lowest BCUT2D eigenvalue weighted by molar-refractivity contribution is -0.115. The van der Waals surface area contributed by atoms with Gasteiger partial charge in [-0.3, -0.25) is 9.59 Å². The van der Waals surface area contributed by atoms with Crippen molar-refractivity contribution >= 4 is 55.8 Å². The van der Waals surface area contributed by atoms with E-state index in [1.54, 1.807) is 43.3 Å². The minimum Gasteiger partial charge on any atom is -0.322 e. The van der Waals surface area contributed by atoms with Crippen molar-refractivity contribution in [3.8, 4) is 0 Å². The third-order valence-electron chi connectivity index (χ3n) is 3.33. The van der Waals surface area contributed by atoms with E-state index in [0.717, 1.165) is 10.2 Å². The predicted octanol–water partition coefficient (Wildman–Crippen LogP) is 4.55. The highest BCUT2D eigenvalue weighted by Gasteiger charge is 2.11. The molecule has 0 spiro atoms. The lowest BCUT2D eigenvalue weighted by Gasteiger charge is -2.06. The van der Waals surface area contributed by atoms with Crippen molar-refractivity contribution in [1.29, 1.82) is 0 Å². The Bertz CT molecular complexity index is 923. The average Bonchev–Trinajstić information content (AvgIpc) is 2.96. The summed E-state index contributed by atoms with van der Waals surface area (Å²) in [6.45, 7) is 1.78. The van der Waals surface area contributed by atoms with Crippen LogP contribution in [0, 0.1) is 0 Å². The van der Waals surface area contributed by atoms with Gasteiger partial charge >= 0.3 is 0 Å². The quantitative estimate of drug-likeness (QED) is 0.717. The van der Waals surface area contributed by atoms with Gasteiger partial charge in [-0.05, 0) is 30.3 Å². The Morgan fingerprint density at radius 2 is 1.96 bits per heavy atom. The highest BCUT2D eigenvalue weighted by Crippen LogP contribution is 2.29. The fraction of sp³-hybridized carbons (Fsp3) is 0.118. The first-order valence-electron chi connectivity index (χ1n) is 7.33. The largest absolute Gasteiger partial charge is 0.322 e. The molecule has 2 aromatic carbocycles. The predicted molar refractivity (Wildman–Crippen MR) is 97.9 cm³/mol. The molecule has 0 fully saturated rings. The van der Waals surface area contributed by atoms with Gasteiger partial charge in [0, 0.05) is 12.1 Å². The van der Waals surface area contributed by atoms with Crippen molar-refractivity contribution in [3.05, 3.63) is 53.1 Å². The number of rotatable bonds is 4. The first-order chi connectivity index (χ1) is 11.6. The molecular formula is C17H14ClN3O2S. The molecule has 7 heteroatoms. The Morgan fingerprint density at radius 1 is 1.17 bits per heavy atom. The maximum atomic E-state index is 12.3. The molecule has 0 aliphatic carbocycles. The molecule has 3 rings (SSSR count). The minimum absolute atomic E-state index is 0.0821. The topological polar surface area (TPSA) is 71.1 Å². The summed E-state index contributed by atoms with van der Waals surface area (Å²) in [6.07, 6.45) is 0.398. The van der Waals surface area contributed by atoms with Crippen LogP contribution in [0.3, 0.4) is 0 Å². The van der Waals surface area contributed by atoms with Gasteiger partial charge in [0.15, 0.2) is 5.13 Å². The highest BCUT2D eigenvalue weighted by atomic mass is 35.5. The van der Waals surface area contributed by atoms with E-state index in [4.69, 9.17) is 11.6 Å². The third-order valence-corrected chi connectivity index (χ3v) is 4.60. The number of thiazole rings is 1. The summed E-state index contributed by atoms with van der Waals surface area (Å²) in [5.41, 5.74) is 1.83. The molecule has 0 aliphatic heterocycles. The summed E-state index contributed by atoms with van der Waals surface area (Å²) in [5, 5.41) is 6.51. The Balaban J connectivity index is 1.82. The number of carbonyl (C=O) groups is 2. The van der Waals surface area contributed by atoms with Crippen molar-refractivity contribution in [1.82, 2.24) is 4.98 Å². The van der Waals surface area contributed by atoms with E-state index in [9.17, 15) is 9.59 Å². The number of halogens is 1. The van der Waals surface area contributed by atoms with Gasteiger partial charge < -0.3 is 10.6 Å². The molecular weight excluding hydrogens is 346 g/mol. The lowest BCUT2D eigenvalue weighted by atomic mass is 10.2. The molecule has 0 saturated heterocycles. The zero-order chi connectivity index (χ0) is 17.1. The van der Waals surface area contributed by atoms with Crippen molar-refractivity contribution < 1.29 is 9.59 Å². The van der Waals surface area contributed by atoms with Crippen LogP contribution in [0.1, 0.15) is 23.7 Å². The van der Waals surface area contributed by atoms with Crippen LogP contribution in [-0.2, 0) is 4.79 Å². The zero-order valence-corrected chi connectivity index (χ0v) is 14.4. The zero-order valence-electron chi connectivity index (χ0n) is 12.8. The van der Waals surface area contributed by atoms with Crippen LogP contribution < -0.4 is 10.6 Å². The lowest BCUT2D eigenvalue weighted by Crippen LogP contribution is -2.12. The van der Waals surface area contributed by atoms with Gasteiger partial charge in [0.25, 0.3) is 5.91 Å². The van der Waals surface area contributed by atoms with Crippen LogP contribution in [0.4, 0.5) is 10.8 Å². The van der Waals surface area contributed by atoms with Gasteiger partial charge in [-0.15, -0.1) is 0 Å². The molecule has 24 heavy (non-hydrogen) atoms. The number of hydrogen-bond donors (Lipinski definition) is 2. The Kier molecular flexibility index (Phi) is 4.78. The normalized spacial score (nSPS) is 10.6. The first-order valence-corrected chi connectivity index (χ1v) is 8.52. The Morgan fingerprint density at radius 3 is 2.71 bits per heavy atom. The molecule has 5 nitrogen and oxygen atoms in total. The molecule has 0 radical (unpaired) electrons. The van der Waals surface area contributed by atoms with Crippen molar-refractivity contribution in [3.63, 3.8) is 0 Å². The van der Waals surface area contributed by atoms with Crippen LogP contribution in [0.5, 0.6) is 0 Å². The molecule has 3 aromatic rings. The first kappa shape index (κ1) is 16.4. The van der Waals surface area contributed by atoms with E-state index in [2.05, 4.69) is 15.6 Å². The number of aromatic nitrogens is 1. The van der Waals surface area contributed by atoms with Crippen molar-refractivity contribution in [2.24, 2.45) is 0 Å². The van der Waals surface area contributed by atoms with E-state index in [-0.39, 0.29) is 11.8 Å². The molecule has 122 valence electrons. The van der Waals surface area contributed by atoms with Crippen LogP contribution in [0.25, 0.3) is 10.2 Å². The number of fused-ring (bicyclic) bond motifs is 1. The number of amides is 2. The second-order valence-electron chi connectivity index (χ2n) is 5.04. The SMILES string of the molecule is CCC(=O)Nc1nc2ccc(NC(=O)c3ccccc3Cl)cc2s1. The molecule has 2 amide bonds. The van der Waals surface area contributed by atoms with Gasteiger partial charge in [-0.1, -0.05) is 42.0 Å². The van der Waals surface area contributed by atoms with E-state index < -0.39 is 0 Å². The minimum atomic E-state index is -0.274. The molecule has 1 heterocycles. The molecule has 0 bridgehead atoms. The number of nitrogens with one attached hydrogen (secondary N) is 2. The summed E-state index contributed by atoms with van der Waals surface area (Å²) in [5.74, 6) is -0.356. The molecule has 1 aromatic heterocycles. The number of anilines is 2. The monoisotopic (exact) mass is 359 g/mol. The van der Waals surface area contributed by atoms with Crippen LogP contribution in [0.15, 0.2) is 42.5 Å². The standard InChI is InChI=1S/C17H14ClN3O2S/c1-2-15(22)21-17-20-13-8-7-10(9-14(13)24-17)19-16(23)11-5-3-4-6-12(11)18/h3-9H,2H2,1H3,(H,19,23)(H,20,21,22). The molecule has 0 aliphatic rings. The van der Waals surface area contributed by atoms with E-state index >= 15 is 0 Å². The van der Waals surface area contributed by atoms with E-state index in [1.807, 2.05) is 6.07 Å². The van der Waals surface area contributed by atoms with Gasteiger partial charge in [0.1, 0.15) is 0 Å². The van der Waals surface area contributed by atoms with Crippen LogP contribution in [0.2, 0.25) is 5.02 Å². The second-order valence-corrected chi connectivity index (χ2v) is 6.48. The third kappa shape index (κ3) is 3.55. The number of carbonyl (C=O) groups excluding carboxylic acids is 2. The van der Waals surface area contributed by atoms with Gasteiger partial charge in [-0.25, -0.2) is 4.98 Å².